The number of carbonyl (C=O) groups is 4. The number of Topliss-reactive ketones (excluding diaryl/α,β-unsaturated/α-hetero) is 1. The summed E-state index contributed by atoms with van der Waals surface area (Å²) in [4.78, 5) is 57.1. The van der Waals surface area contributed by atoms with Crippen LogP contribution in [-0.2, 0) is 32.1 Å². The van der Waals surface area contributed by atoms with Crippen molar-refractivity contribution < 1.29 is 28.3 Å². The fraction of sp³-hybridized carbons (Fsp3) is 0.414. The number of alkyl halides is 1. The molecule has 1 saturated heterocycles. The summed E-state index contributed by atoms with van der Waals surface area (Å²) in [6.45, 7) is -0.708. The fourth-order valence-electron chi connectivity index (χ4n) is 4.64. The van der Waals surface area contributed by atoms with Gasteiger partial charge in [-0.15, -0.1) is 0 Å². The van der Waals surface area contributed by atoms with Crippen LogP contribution in [0.15, 0.2) is 65.7 Å². The van der Waals surface area contributed by atoms with Crippen LogP contribution >= 0.6 is 0 Å². The Morgan fingerprint density at radius 2 is 1.63 bits per heavy atom. The number of nitrogens with zero attached hydrogens (tertiary/aromatic N) is 2. The number of rotatable bonds is 14. The van der Waals surface area contributed by atoms with Gasteiger partial charge in [0.05, 0.1) is 6.04 Å². The number of nitrogens with one attached hydrogen (secondary N) is 2. The molecule has 3 amide bonds. The van der Waals surface area contributed by atoms with Crippen molar-refractivity contribution in [3.05, 3.63) is 71.8 Å². The molecule has 6 N–H and O–H groups in total. The van der Waals surface area contributed by atoms with Crippen LogP contribution in [0.2, 0.25) is 0 Å². The van der Waals surface area contributed by atoms with Gasteiger partial charge in [-0.05, 0) is 36.8 Å². The lowest BCUT2D eigenvalue weighted by Gasteiger charge is -2.29. The predicted molar refractivity (Wildman–Crippen MR) is 151 cm³/mol. The Labute approximate surface area is 238 Å². The summed E-state index contributed by atoms with van der Waals surface area (Å²) in [6, 6.07) is 15.3. The topological polar surface area (TPSA) is 169 Å². The summed E-state index contributed by atoms with van der Waals surface area (Å²) in [5, 5.41) is 5.27. The molecule has 3 unspecified atom stereocenters. The molecule has 3 atom stereocenters. The lowest BCUT2D eigenvalue weighted by molar-refractivity contribution is -0.140. The second-order valence-corrected chi connectivity index (χ2v) is 9.75. The molecular weight excluding hydrogens is 531 g/mol. The zero-order chi connectivity index (χ0) is 29.6. The van der Waals surface area contributed by atoms with E-state index in [-0.39, 0.29) is 38.5 Å². The number of hydrogen-bond acceptors (Lipinski definition) is 6. The number of ether oxygens (including phenoxy) is 1. The number of guanidine groups is 1. The molecule has 11 nitrogen and oxygen atoms in total. The maximum atomic E-state index is 13.7. The minimum atomic E-state index is -1.24. The average molecular weight is 569 g/mol. The number of halogens is 1. The molecule has 2 aromatic carbocycles. The Balaban J connectivity index is 1.69. The molecule has 220 valence electrons. The minimum absolute atomic E-state index is 0.0286. The largest absolute Gasteiger partial charge is 0.445 e. The molecule has 1 aliphatic rings. The maximum absolute atomic E-state index is 13.7. The molecule has 0 spiro atoms. The van der Waals surface area contributed by atoms with Crippen molar-refractivity contribution in [3.63, 3.8) is 0 Å². The third-order valence-corrected chi connectivity index (χ3v) is 6.71. The summed E-state index contributed by atoms with van der Waals surface area (Å²) in [5.74, 6) is -1.90. The van der Waals surface area contributed by atoms with Gasteiger partial charge in [0.25, 0.3) is 0 Å². The number of benzene rings is 2. The summed E-state index contributed by atoms with van der Waals surface area (Å²) < 4.78 is 18.6. The van der Waals surface area contributed by atoms with Gasteiger partial charge in [-0.1, -0.05) is 60.7 Å². The van der Waals surface area contributed by atoms with E-state index in [0.717, 1.165) is 11.1 Å². The van der Waals surface area contributed by atoms with Crippen molar-refractivity contribution in [3.8, 4) is 0 Å². The van der Waals surface area contributed by atoms with Gasteiger partial charge in [-0.2, -0.15) is 0 Å². The number of aliphatic imine (C=N–C) groups is 1. The number of likely N-dealkylation sites (tertiary alicyclic amines) is 1. The van der Waals surface area contributed by atoms with Gasteiger partial charge in [-0.25, -0.2) is 9.18 Å². The van der Waals surface area contributed by atoms with Gasteiger partial charge < -0.3 is 31.7 Å². The fourth-order valence-corrected chi connectivity index (χ4v) is 4.64. The van der Waals surface area contributed by atoms with E-state index in [9.17, 15) is 23.6 Å². The van der Waals surface area contributed by atoms with Crippen LogP contribution in [0.3, 0.4) is 0 Å². The molecule has 1 fully saturated rings. The average Bonchev–Trinajstić information content (AvgIpc) is 3.48. The van der Waals surface area contributed by atoms with E-state index in [4.69, 9.17) is 16.2 Å². The SMILES string of the molecule is NC(N)=NCCCC(NC(=O)C1CCCN1C(=O)C(Cc1ccccc1)NC(=O)OCc1ccccc1)C(=O)CF. The van der Waals surface area contributed by atoms with Gasteiger partial charge in [-0.3, -0.25) is 19.4 Å². The van der Waals surface area contributed by atoms with Crippen LogP contribution in [0, 0.1) is 0 Å². The lowest BCUT2D eigenvalue weighted by Crippen LogP contribution is -2.56. The molecule has 0 aliphatic carbocycles. The van der Waals surface area contributed by atoms with Crippen LogP contribution in [0.4, 0.5) is 9.18 Å². The molecule has 0 radical (unpaired) electrons. The molecule has 3 rings (SSSR count). The van der Waals surface area contributed by atoms with E-state index in [1.165, 1.54) is 4.90 Å². The van der Waals surface area contributed by atoms with Crippen molar-refractivity contribution in [2.75, 3.05) is 19.8 Å². The summed E-state index contributed by atoms with van der Waals surface area (Å²) in [5.41, 5.74) is 12.2. The first-order chi connectivity index (χ1) is 19.8. The zero-order valence-electron chi connectivity index (χ0n) is 22.8. The van der Waals surface area contributed by atoms with Crippen molar-refractivity contribution in [2.24, 2.45) is 16.5 Å². The Kier molecular flexibility index (Phi) is 12.1. The van der Waals surface area contributed by atoms with Crippen LogP contribution in [0.1, 0.15) is 36.8 Å². The van der Waals surface area contributed by atoms with E-state index >= 15 is 0 Å². The van der Waals surface area contributed by atoms with Gasteiger partial charge in [0.2, 0.25) is 11.8 Å². The Bertz CT molecular complexity index is 1190. The highest BCUT2D eigenvalue weighted by atomic mass is 19.1. The molecule has 1 heterocycles. The van der Waals surface area contributed by atoms with Crippen LogP contribution in [0.5, 0.6) is 0 Å². The monoisotopic (exact) mass is 568 g/mol. The highest BCUT2D eigenvalue weighted by Crippen LogP contribution is 2.20. The van der Waals surface area contributed by atoms with E-state index in [0.29, 0.717) is 19.3 Å². The lowest BCUT2D eigenvalue weighted by atomic mass is 10.0. The van der Waals surface area contributed by atoms with Gasteiger partial charge in [0, 0.05) is 19.5 Å². The number of alkyl carbamates (subject to hydrolysis) is 1. The number of carbonyl (C=O) groups excluding carboxylic acids is 4. The molecule has 12 heteroatoms. The normalized spacial score (nSPS) is 15.8. The van der Waals surface area contributed by atoms with Crippen molar-refractivity contribution in [1.82, 2.24) is 15.5 Å². The third-order valence-electron chi connectivity index (χ3n) is 6.71. The standard InChI is InChI=1S/C29H37FN6O5/c30-18-25(37)22(13-7-15-33-28(31)32)34-26(38)24-14-8-16-36(24)27(39)23(17-20-9-3-1-4-10-20)35-29(40)41-19-21-11-5-2-6-12-21/h1-6,9-12,22-24H,7-8,13-19H2,(H,34,38)(H,35,40)(H4,31,32,33). The molecule has 0 bridgehead atoms. The number of amides is 3. The predicted octanol–water partition coefficient (Wildman–Crippen LogP) is 1.59. The Morgan fingerprint density at radius 1 is 0.976 bits per heavy atom. The first kappa shape index (κ1) is 31.1. The number of ketones is 1. The summed E-state index contributed by atoms with van der Waals surface area (Å²) >= 11 is 0. The molecule has 0 aromatic heterocycles. The summed E-state index contributed by atoms with van der Waals surface area (Å²) in [7, 11) is 0. The van der Waals surface area contributed by atoms with Crippen LogP contribution in [0.25, 0.3) is 0 Å². The Morgan fingerprint density at radius 3 is 2.27 bits per heavy atom. The van der Waals surface area contributed by atoms with Crippen LogP contribution < -0.4 is 22.1 Å². The van der Waals surface area contributed by atoms with E-state index in [1.807, 2.05) is 60.7 Å². The van der Waals surface area contributed by atoms with Gasteiger partial charge in [0.15, 0.2) is 11.7 Å². The van der Waals surface area contributed by atoms with Crippen molar-refractivity contribution >= 4 is 29.7 Å². The highest BCUT2D eigenvalue weighted by Gasteiger charge is 2.39. The third kappa shape index (κ3) is 9.89. The second-order valence-electron chi connectivity index (χ2n) is 9.75. The second kappa shape index (κ2) is 15.9. The minimum Gasteiger partial charge on any atom is -0.445 e. The Hall–Kier alpha value is -4.48. The molecular formula is C29H37FN6O5. The smallest absolute Gasteiger partial charge is 0.408 e. The van der Waals surface area contributed by atoms with Gasteiger partial charge in [0.1, 0.15) is 25.4 Å². The van der Waals surface area contributed by atoms with Crippen molar-refractivity contribution in [1.29, 1.82) is 0 Å². The van der Waals surface area contributed by atoms with Crippen LogP contribution in [-0.4, -0.2) is 72.4 Å². The molecule has 2 aromatic rings. The highest BCUT2D eigenvalue weighted by molar-refractivity contribution is 5.95. The maximum Gasteiger partial charge on any atom is 0.408 e. The first-order valence-electron chi connectivity index (χ1n) is 13.5. The molecule has 1 aliphatic heterocycles. The van der Waals surface area contributed by atoms with Gasteiger partial charge >= 0.3 is 6.09 Å². The van der Waals surface area contributed by atoms with E-state index < -0.39 is 48.5 Å². The quantitative estimate of drug-likeness (QED) is 0.152. The van der Waals surface area contributed by atoms with E-state index in [2.05, 4.69) is 15.6 Å². The number of hydrogen-bond donors (Lipinski definition) is 4. The summed E-state index contributed by atoms with van der Waals surface area (Å²) in [6.07, 6.45) is 0.801. The molecule has 41 heavy (non-hydrogen) atoms. The molecule has 0 saturated carbocycles. The van der Waals surface area contributed by atoms with E-state index in [1.54, 1.807) is 0 Å². The number of nitrogens with two attached hydrogens (primary N) is 2. The zero-order valence-corrected chi connectivity index (χ0v) is 22.8. The van der Waals surface area contributed by atoms with Crippen molar-refractivity contribution in [2.45, 2.75) is 56.8 Å². The first-order valence-corrected chi connectivity index (χ1v) is 13.5.